The maximum absolute atomic E-state index is 6.13. The second-order valence-corrected chi connectivity index (χ2v) is 7.31. The van der Waals surface area contributed by atoms with Crippen molar-refractivity contribution < 1.29 is 9.31 Å². The minimum absolute atomic E-state index is 0.327. The van der Waals surface area contributed by atoms with Crippen molar-refractivity contribution in [3.63, 3.8) is 0 Å². The number of benzene rings is 1. The molecule has 0 aliphatic carbocycles. The molecule has 0 saturated carbocycles. The predicted molar refractivity (Wildman–Crippen MR) is 102 cm³/mol. The van der Waals surface area contributed by atoms with Crippen LogP contribution in [0.15, 0.2) is 29.7 Å². The topological polar surface area (TPSA) is 30.5 Å². The van der Waals surface area contributed by atoms with Gasteiger partial charge in [0.15, 0.2) is 0 Å². The van der Waals surface area contributed by atoms with Gasteiger partial charge in [0.2, 0.25) is 0 Å². The van der Waals surface area contributed by atoms with Crippen molar-refractivity contribution in [2.45, 2.75) is 52.4 Å². The van der Waals surface area contributed by atoms with E-state index >= 15 is 0 Å². The molecular weight excluding hydrogens is 305 g/mol. The van der Waals surface area contributed by atoms with E-state index in [0.717, 1.165) is 24.1 Å². The van der Waals surface area contributed by atoms with Crippen molar-refractivity contribution >= 4 is 25.8 Å². The third-order valence-corrected chi connectivity index (χ3v) is 4.99. The van der Waals surface area contributed by atoms with Crippen molar-refractivity contribution in [1.82, 2.24) is 5.32 Å². The second-order valence-electron chi connectivity index (χ2n) is 6.99. The van der Waals surface area contributed by atoms with E-state index < -0.39 is 0 Å². The summed E-state index contributed by atoms with van der Waals surface area (Å²) in [5.41, 5.74) is 2.82. The second kappa shape index (κ2) is 7.43. The van der Waals surface area contributed by atoms with E-state index in [0.29, 0.717) is 5.75 Å². The van der Waals surface area contributed by atoms with Crippen LogP contribution in [-0.4, -0.2) is 30.6 Å². The van der Waals surface area contributed by atoms with E-state index in [1.165, 1.54) is 5.56 Å². The Morgan fingerprint density at radius 2 is 1.87 bits per heavy atom. The van der Waals surface area contributed by atoms with Crippen LogP contribution in [-0.2, 0) is 15.9 Å². The van der Waals surface area contributed by atoms with E-state index in [1.54, 1.807) is 0 Å². The molecule has 0 bridgehead atoms. The molecule has 0 spiro atoms. The molecule has 5 heteroatoms. The average Bonchev–Trinajstić information content (AvgIpc) is 2.71. The fourth-order valence-corrected chi connectivity index (χ4v) is 2.70. The molecule has 0 unspecified atom stereocenters. The van der Waals surface area contributed by atoms with Gasteiger partial charge < -0.3 is 14.6 Å². The molecular formula is C18H28BNO2S. The molecule has 2 rings (SSSR count). The zero-order valence-corrected chi connectivity index (χ0v) is 15.7. The van der Waals surface area contributed by atoms with Gasteiger partial charge in [0.05, 0.1) is 11.2 Å². The number of thiol groups is 1. The van der Waals surface area contributed by atoms with Crippen LogP contribution in [0.1, 0.15) is 45.7 Å². The highest BCUT2D eigenvalue weighted by Gasteiger charge is 2.52. The molecule has 1 fully saturated rings. The van der Waals surface area contributed by atoms with Gasteiger partial charge in [-0.15, -0.1) is 0 Å². The van der Waals surface area contributed by atoms with E-state index in [2.05, 4.69) is 82.9 Å². The molecule has 1 aromatic carbocycles. The van der Waals surface area contributed by atoms with Gasteiger partial charge in [-0.25, -0.2) is 0 Å². The minimum atomic E-state index is -0.338. The lowest BCUT2D eigenvalue weighted by atomic mass is 9.78. The van der Waals surface area contributed by atoms with E-state index in [-0.39, 0.29) is 18.3 Å². The van der Waals surface area contributed by atoms with Gasteiger partial charge in [0, 0.05) is 12.3 Å². The Bertz CT molecular complexity index is 556. The molecule has 1 aliphatic heterocycles. The molecule has 1 heterocycles. The summed E-state index contributed by atoms with van der Waals surface area (Å²) in [6.07, 6.45) is 2.13. The molecule has 0 aromatic heterocycles. The maximum atomic E-state index is 6.13. The van der Waals surface area contributed by atoms with Crippen LogP contribution in [0.25, 0.3) is 6.08 Å². The lowest BCUT2D eigenvalue weighted by Crippen LogP contribution is -2.41. The minimum Gasteiger partial charge on any atom is -0.400 e. The summed E-state index contributed by atoms with van der Waals surface area (Å²) < 4.78 is 12.3. The van der Waals surface area contributed by atoms with Gasteiger partial charge in [-0.2, -0.15) is 12.6 Å². The average molecular weight is 333 g/mol. The highest BCUT2D eigenvalue weighted by molar-refractivity contribution is 7.80. The summed E-state index contributed by atoms with van der Waals surface area (Å²) in [5, 5.41) is 3.35. The lowest BCUT2D eigenvalue weighted by Gasteiger charge is -2.32. The first-order valence-electron chi connectivity index (χ1n) is 8.25. The standard InChI is InChI=1S/C18H28BNO2S/c1-6-20-12-15-9-7-8-14(10-15)11-16(13-23)19-21-17(2,3)18(4,5)22-19/h7-11,20,23H,6,12-13H2,1-5H3. The highest BCUT2D eigenvalue weighted by atomic mass is 32.1. The summed E-state index contributed by atoms with van der Waals surface area (Å²) in [5.74, 6) is 0.605. The van der Waals surface area contributed by atoms with Crippen LogP contribution in [0.4, 0.5) is 0 Å². The van der Waals surface area contributed by atoms with Gasteiger partial charge in [0.25, 0.3) is 0 Å². The highest BCUT2D eigenvalue weighted by Crippen LogP contribution is 2.39. The molecule has 23 heavy (non-hydrogen) atoms. The van der Waals surface area contributed by atoms with Crippen LogP contribution >= 0.6 is 12.6 Å². The first kappa shape index (κ1) is 18.6. The SMILES string of the molecule is CCNCc1cccc(C=C(CS)B2OC(C)(C)C(C)(C)O2)c1. The van der Waals surface area contributed by atoms with Crippen LogP contribution in [0.3, 0.4) is 0 Å². The first-order valence-corrected chi connectivity index (χ1v) is 8.89. The maximum Gasteiger partial charge on any atom is 0.491 e. The smallest absolute Gasteiger partial charge is 0.400 e. The van der Waals surface area contributed by atoms with Crippen molar-refractivity contribution in [3.8, 4) is 0 Å². The lowest BCUT2D eigenvalue weighted by molar-refractivity contribution is 0.00578. The Morgan fingerprint density at radius 3 is 2.43 bits per heavy atom. The van der Waals surface area contributed by atoms with Crippen LogP contribution in [0.2, 0.25) is 0 Å². The quantitative estimate of drug-likeness (QED) is 0.614. The van der Waals surface area contributed by atoms with Crippen LogP contribution < -0.4 is 5.32 Å². The predicted octanol–water partition coefficient (Wildman–Crippen LogP) is 3.74. The van der Waals surface area contributed by atoms with Gasteiger partial charge in [-0.1, -0.05) is 37.3 Å². The molecule has 0 atom stereocenters. The van der Waals surface area contributed by atoms with Gasteiger partial charge in [-0.05, 0) is 50.8 Å². The number of hydrogen-bond donors (Lipinski definition) is 2. The van der Waals surface area contributed by atoms with Crippen molar-refractivity contribution in [1.29, 1.82) is 0 Å². The summed E-state index contributed by atoms with van der Waals surface area (Å²) in [6.45, 7) is 12.2. The first-order chi connectivity index (χ1) is 10.8. The molecule has 1 N–H and O–H groups in total. The zero-order chi connectivity index (χ0) is 17.1. The van der Waals surface area contributed by atoms with E-state index in [9.17, 15) is 0 Å². The van der Waals surface area contributed by atoms with Crippen LogP contribution in [0.5, 0.6) is 0 Å². The monoisotopic (exact) mass is 333 g/mol. The molecule has 1 aliphatic rings. The van der Waals surface area contributed by atoms with Crippen LogP contribution in [0, 0.1) is 0 Å². The Morgan fingerprint density at radius 1 is 1.22 bits per heavy atom. The van der Waals surface area contributed by atoms with E-state index in [1.807, 2.05) is 0 Å². The number of hydrogen-bond acceptors (Lipinski definition) is 4. The van der Waals surface area contributed by atoms with Gasteiger partial charge in [0.1, 0.15) is 0 Å². The number of nitrogens with one attached hydrogen (secondary N) is 1. The van der Waals surface area contributed by atoms with Gasteiger partial charge in [-0.3, -0.25) is 0 Å². The Balaban J connectivity index is 2.20. The number of rotatable bonds is 6. The summed E-state index contributed by atoms with van der Waals surface area (Å²) >= 11 is 4.48. The molecule has 0 radical (unpaired) electrons. The Labute approximate surface area is 146 Å². The van der Waals surface area contributed by atoms with Crippen molar-refractivity contribution in [3.05, 3.63) is 40.9 Å². The normalized spacial score (nSPS) is 20.1. The Hall–Kier alpha value is -0.745. The molecule has 126 valence electrons. The molecule has 0 amide bonds. The third kappa shape index (κ3) is 4.41. The summed E-state index contributed by atoms with van der Waals surface area (Å²) in [4.78, 5) is 0. The van der Waals surface area contributed by atoms with Gasteiger partial charge >= 0.3 is 7.12 Å². The third-order valence-electron chi connectivity index (χ3n) is 4.62. The largest absolute Gasteiger partial charge is 0.491 e. The van der Waals surface area contributed by atoms with E-state index in [4.69, 9.17) is 9.31 Å². The summed E-state index contributed by atoms with van der Waals surface area (Å²) in [6, 6.07) is 8.51. The fourth-order valence-electron chi connectivity index (χ4n) is 2.46. The Kier molecular flexibility index (Phi) is 6.01. The molecule has 1 saturated heterocycles. The molecule has 3 nitrogen and oxygen atoms in total. The fraction of sp³-hybridized carbons (Fsp3) is 0.556. The summed E-state index contributed by atoms with van der Waals surface area (Å²) in [7, 11) is -0.338. The molecule has 1 aromatic rings. The zero-order valence-electron chi connectivity index (χ0n) is 14.8. The van der Waals surface area contributed by atoms with Crippen molar-refractivity contribution in [2.75, 3.05) is 12.3 Å². The van der Waals surface area contributed by atoms with Crippen molar-refractivity contribution in [2.24, 2.45) is 0 Å².